The third-order valence-corrected chi connectivity index (χ3v) is 13.3. The van der Waals surface area contributed by atoms with Gasteiger partial charge in [-0.3, -0.25) is 0 Å². The molecule has 1 heteroatoms. The number of aromatic nitrogens is 1. The highest BCUT2D eigenvalue weighted by Crippen LogP contribution is 2.59. The molecule has 2 unspecified atom stereocenters. The summed E-state index contributed by atoms with van der Waals surface area (Å²) >= 11 is 0. The molecular weight excluding hydrogens is 723 g/mol. The Morgan fingerprint density at radius 3 is 1.50 bits per heavy atom. The van der Waals surface area contributed by atoms with Gasteiger partial charge in [-0.25, -0.2) is 0 Å². The molecule has 12 rings (SSSR count). The summed E-state index contributed by atoms with van der Waals surface area (Å²) in [5, 5.41) is 2.56. The number of para-hydroxylation sites is 2. The molecule has 1 aromatic heterocycles. The van der Waals surface area contributed by atoms with Crippen LogP contribution < -0.4 is 0 Å². The molecule has 0 saturated carbocycles. The van der Waals surface area contributed by atoms with Gasteiger partial charge in [0.25, 0.3) is 0 Å². The first-order chi connectivity index (χ1) is 29.8. The molecule has 0 amide bonds. The summed E-state index contributed by atoms with van der Waals surface area (Å²) in [5.41, 5.74) is 18.9. The number of fused-ring (bicyclic) bond motifs is 6. The number of rotatable bonds is 7. The Morgan fingerprint density at radius 1 is 0.367 bits per heavy atom. The van der Waals surface area contributed by atoms with E-state index in [1.165, 1.54) is 94.3 Å². The van der Waals surface area contributed by atoms with E-state index in [4.69, 9.17) is 0 Å². The molecule has 10 aromatic rings. The van der Waals surface area contributed by atoms with Gasteiger partial charge in [-0.2, -0.15) is 0 Å². The van der Waals surface area contributed by atoms with Crippen LogP contribution in [0, 0.1) is 0 Å². The third-order valence-electron chi connectivity index (χ3n) is 13.3. The molecule has 60 heavy (non-hydrogen) atoms. The van der Waals surface area contributed by atoms with Gasteiger partial charge >= 0.3 is 0 Å². The lowest BCUT2D eigenvalue weighted by atomic mass is 9.64. The summed E-state index contributed by atoms with van der Waals surface area (Å²) in [4.78, 5) is 0. The van der Waals surface area contributed by atoms with Crippen molar-refractivity contribution in [1.82, 2.24) is 4.57 Å². The van der Waals surface area contributed by atoms with Crippen LogP contribution >= 0.6 is 0 Å². The first kappa shape index (κ1) is 34.6. The summed E-state index contributed by atoms with van der Waals surface area (Å²) in [5.74, 6) is 0.457. The van der Waals surface area contributed by atoms with Crippen molar-refractivity contribution in [2.75, 3.05) is 0 Å². The summed E-state index contributed by atoms with van der Waals surface area (Å²) in [6.45, 7) is 0. The highest BCUT2D eigenvalue weighted by molar-refractivity contribution is 6.09. The molecule has 2 aliphatic rings. The molecule has 2 aliphatic carbocycles. The molecule has 0 fully saturated rings. The number of hydrogen-bond acceptors (Lipinski definition) is 0. The number of allylic oxidation sites excluding steroid dienone is 2. The zero-order chi connectivity index (χ0) is 39.6. The normalized spacial score (nSPS) is 16.2. The van der Waals surface area contributed by atoms with Gasteiger partial charge in [0.15, 0.2) is 0 Å². The molecular formula is C59H41N. The maximum absolute atomic E-state index is 2.55. The van der Waals surface area contributed by atoms with Gasteiger partial charge in [-0.1, -0.05) is 212 Å². The van der Waals surface area contributed by atoms with E-state index in [9.17, 15) is 0 Å². The molecule has 0 bridgehead atoms. The fraction of sp³-hybridized carbons (Fsp3) is 0.0508. The zero-order valence-corrected chi connectivity index (χ0v) is 33.1. The van der Waals surface area contributed by atoms with Gasteiger partial charge in [0.05, 0.1) is 16.4 Å². The second kappa shape index (κ2) is 13.8. The Hall–Kier alpha value is -7.48. The van der Waals surface area contributed by atoms with E-state index in [0.29, 0.717) is 0 Å². The molecule has 1 heterocycles. The summed E-state index contributed by atoms with van der Waals surface area (Å²) in [7, 11) is 0. The molecule has 0 saturated heterocycles. The average molecular weight is 764 g/mol. The molecule has 0 aliphatic heterocycles. The Bertz CT molecular complexity index is 3130. The van der Waals surface area contributed by atoms with Crippen LogP contribution in [0.15, 0.2) is 237 Å². The minimum Gasteiger partial charge on any atom is -0.309 e. The van der Waals surface area contributed by atoms with Gasteiger partial charge < -0.3 is 4.57 Å². The minimum absolute atomic E-state index is 0.210. The van der Waals surface area contributed by atoms with Gasteiger partial charge in [0.2, 0.25) is 0 Å². The highest BCUT2D eigenvalue weighted by atomic mass is 15.0. The van der Waals surface area contributed by atoms with Crippen molar-refractivity contribution in [3.8, 4) is 27.9 Å². The van der Waals surface area contributed by atoms with Crippen LogP contribution in [-0.4, -0.2) is 4.57 Å². The SMILES string of the molecule is C1=C(c2ccccc2)C(c2ccc3c(c2)C(c2ccccc2)(c2ccccc2)c2ccccc2-3)C1c1ccc(-c2ccc(-n3c4ccccc4c4ccccc43)cc2)cc1. The van der Waals surface area contributed by atoms with Crippen LogP contribution in [0.2, 0.25) is 0 Å². The first-order valence-electron chi connectivity index (χ1n) is 21.1. The standard InChI is InChI=1S/C59H41N/c1-4-16-42(17-5-1)52-39-53(43-30-28-40(29-31-43)41-32-35-47(36-33-41)60-56-26-14-11-23-50(56)51-24-12-15-27-57(51)60)58(52)44-34-37-49-48-22-10-13-25-54(48)59(55(49)38-44,45-18-6-2-7-19-45)46-20-8-3-9-21-46/h1-39,53,58H. The summed E-state index contributed by atoms with van der Waals surface area (Å²) < 4.78 is 2.38. The number of nitrogens with zero attached hydrogens (tertiary/aromatic N) is 1. The molecule has 0 spiro atoms. The smallest absolute Gasteiger partial charge is 0.0713 e. The van der Waals surface area contributed by atoms with Crippen LogP contribution in [0.1, 0.15) is 50.8 Å². The topological polar surface area (TPSA) is 4.93 Å². The van der Waals surface area contributed by atoms with Gasteiger partial charge in [-0.05, 0) is 91.0 Å². The lowest BCUT2D eigenvalue weighted by Crippen LogP contribution is -2.29. The molecule has 0 radical (unpaired) electrons. The second-order valence-electron chi connectivity index (χ2n) is 16.4. The second-order valence-corrected chi connectivity index (χ2v) is 16.4. The Kier molecular flexibility index (Phi) is 7.96. The van der Waals surface area contributed by atoms with Crippen molar-refractivity contribution in [2.45, 2.75) is 17.3 Å². The van der Waals surface area contributed by atoms with Crippen LogP contribution in [0.25, 0.3) is 55.3 Å². The Morgan fingerprint density at radius 2 is 0.867 bits per heavy atom. The molecule has 1 nitrogen and oxygen atoms in total. The fourth-order valence-electron chi connectivity index (χ4n) is 10.6. The van der Waals surface area contributed by atoms with E-state index in [1.807, 2.05) is 0 Å². The lowest BCUT2D eigenvalue weighted by molar-refractivity contribution is 0.693. The van der Waals surface area contributed by atoms with E-state index in [1.54, 1.807) is 0 Å². The Labute approximate surface area is 351 Å². The lowest BCUT2D eigenvalue weighted by Gasteiger charge is -2.39. The van der Waals surface area contributed by atoms with Crippen LogP contribution in [0.3, 0.4) is 0 Å². The number of hydrogen-bond donors (Lipinski definition) is 0. The zero-order valence-electron chi connectivity index (χ0n) is 33.1. The Balaban J connectivity index is 0.935. The first-order valence-corrected chi connectivity index (χ1v) is 21.1. The largest absolute Gasteiger partial charge is 0.309 e. The van der Waals surface area contributed by atoms with E-state index in [0.717, 1.165) is 0 Å². The van der Waals surface area contributed by atoms with E-state index in [-0.39, 0.29) is 11.8 Å². The monoisotopic (exact) mass is 763 g/mol. The van der Waals surface area contributed by atoms with Crippen LogP contribution in [0.4, 0.5) is 0 Å². The number of benzene rings is 9. The van der Waals surface area contributed by atoms with Gasteiger partial charge in [0, 0.05) is 28.3 Å². The van der Waals surface area contributed by atoms with Crippen LogP contribution in [0.5, 0.6) is 0 Å². The van der Waals surface area contributed by atoms with Crippen LogP contribution in [-0.2, 0) is 5.41 Å². The molecule has 9 aromatic carbocycles. The molecule has 2 atom stereocenters. The highest BCUT2D eigenvalue weighted by Gasteiger charge is 2.47. The predicted molar refractivity (Wildman–Crippen MR) is 250 cm³/mol. The van der Waals surface area contributed by atoms with E-state index >= 15 is 0 Å². The average Bonchev–Trinajstić information content (AvgIpc) is 3.81. The maximum atomic E-state index is 2.55. The minimum atomic E-state index is -0.431. The van der Waals surface area contributed by atoms with Crippen molar-refractivity contribution < 1.29 is 0 Å². The van der Waals surface area contributed by atoms with Crippen molar-refractivity contribution in [3.05, 3.63) is 276 Å². The summed E-state index contributed by atoms with van der Waals surface area (Å²) in [6, 6.07) is 85.4. The van der Waals surface area contributed by atoms with Crippen molar-refractivity contribution in [2.24, 2.45) is 0 Å². The van der Waals surface area contributed by atoms with Crippen molar-refractivity contribution >= 4 is 27.4 Å². The maximum Gasteiger partial charge on any atom is 0.0713 e. The van der Waals surface area contributed by atoms with E-state index < -0.39 is 5.41 Å². The van der Waals surface area contributed by atoms with Gasteiger partial charge in [-0.15, -0.1) is 0 Å². The molecule has 0 N–H and O–H groups in total. The fourth-order valence-corrected chi connectivity index (χ4v) is 10.6. The molecule has 282 valence electrons. The van der Waals surface area contributed by atoms with Crippen molar-refractivity contribution in [3.63, 3.8) is 0 Å². The van der Waals surface area contributed by atoms with Gasteiger partial charge in [0.1, 0.15) is 0 Å². The summed E-state index contributed by atoms with van der Waals surface area (Å²) in [6.07, 6.45) is 2.50. The van der Waals surface area contributed by atoms with Crippen molar-refractivity contribution in [1.29, 1.82) is 0 Å². The third kappa shape index (κ3) is 5.19. The quantitative estimate of drug-likeness (QED) is 0.152. The van der Waals surface area contributed by atoms with E-state index in [2.05, 4.69) is 241 Å². The predicted octanol–water partition coefficient (Wildman–Crippen LogP) is 14.8.